The third kappa shape index (κ3) is 5.84. The van der Waals surface area contributed by atoms with E-state index < -0.39 is 0 Å². The molecule has 1 rings (SSSR count). The van der Waals surface area contributed by atoms with E-state index in [2.05, 4.69) is 46.9 Å². The summed E-state index contributed by atoms with van der Waals surface area (Å²) in [5.41, 5.74) is 1.42. The molecule has 0 atom stereocenters. The lowest BCUT2D eigenvalue weighted by atomic mass is 9.91. The second-order valence-electron chi connectivity index (χ2n) is 6.29. The molecule has 1 heterocycles. The molecule has 0 unspecified atom stereocenters. The topological polar surface area (TPSA) is 24.9 Å². The number of thioether (sulfide) groups is 1. The molecule has 0 aliphatic rings. The second kappa shape index (κ2) is 7.65. The van der Waals surface area contributed by atoms with Crippen molar-refractivity contribution in [3.8, 4) is 0 Å². The molecular formula is C15H28N2S2. The van der Waals surface area contributed by atoms with Crippen LogP contribution >= 0.6 is 23.1 Å². The zero-order valence-electron chi connectivity index (χ0n) is 13.2. The van der Waals surface area contributed by atoms with Crippen LogP contribution in [0.15, 0.2) is 0 Å². The Morgan fingerprint density at radius 1 is 1.32 bits per heavy atom. The monoisotopic (exact) mass is 300 g/mol. The quantitative estimate of drug-likeness (QED) is 0.806. The van der Waals surface area contributed by atoms with Gasteiger partial charge in [0.2, 0.25) is 0 Å². The standard InChI is InChI=1S/C15H28N2S2/c1-7-18-10-13-17-14(15(4,5)6)12(19-13)9-16-8-11(2)3/h11,16H,7-10H2,1-6H3. The van der Waals surface area contributed by atoms with Gasteiger partial charge in [0.15, 0.2) is 0 Å². The molecule has 0 aromatic carbocycles. The van der Waals surface area contributed by atoms with Crippen LogP contribution in [0, 0.1) is 5.92 Å². The zero-order valence-corrected chi connectivity index (χ0v) is 14.8. The first-order valence-electron chi connectivity index (χ1n) is 7.12. The lowest BCUT2D eigenvalue weighted by Crippen LogP contribution is -2.21. The number of hydrogen-bond acceptors (Lipinski definition) is 4. The molecule has 0 radical (unpaired) electrons. The molecule has 0 saturated heterocycles. The van der Waals surface area contributed by atoms with Crippen LogP contribution in [0.5, 0.6) is 0 Å². The van der Waals surface area contributed by atoms with Crippen molar-refractivity contribution in [2.24, 2.45) is 5.92 Å². The van der Waals surface area contributed by atoms with Gasteiger partial charge in [0.25, 0.3) is 0 Å². The summed E-state index contributed by atoms with van der Waals surface area (Å²) in [5, 5.41) is 4.82. The summed E-state index contributed by atoms with van der Waals surface area (Å²) in [6.07, 6.45) is 0. The highest BCUT2D eigenvalue weighted by Crippen LogP contribution is 2.31. The number of aromatic nitrogens is 1. The Hall–Kier alpha value is -0.0600. The first kappa shape index (κ1) is 17.0. The molecular weight excluding hydrogens is 272 g/mol. The minimum Gasteiger partial charge on any atom is -0.312 e. The Morgan fingerprint density at radius 3 is 2.53 bits per heavy atom. The Morgan fingerprint density at radius 2 is 2.00 bits per heavy atom. The molecule has 0 fully saturated rings. The van der Waals surface area contributed by atoms with E-state index in [-0.39, 0.29) is 5.41 Å². The highest BCUT2D eigenvalue weighted by molar-refractivity contribution is 7.98. The molecule has 0 aliphatic carbocycles. The number of thiazole rings is 1. The van der Waals surface area contributed by atoms with Crippen molar-refractivity contribution in [3.05, 3.63) is 15.6 Å². The molecule has 1 aromatic rings. The van der Waals surface area contributed by atoms with E-state index >= 15 is 0 Å². The molecule has 0 spiro atoms. The average Bonchev–Trinajstić information content (AvgIpc) is 2.69. The molecule has 4 heteroatoms. The van der Waals surface area contributed by atoms with Crippen LogP contribution < -0.4 is 5.32 Å². The maximum atomic E-state index is 4.87. The molecule has 1 aromatic heterocycles. The van der Waals surface area contributed by atoms with Crippen molar-refractivity contribution in [3.63, 3.8) is 0 Å². The van der Waals surface area contributed by atoms with Crippen molar-refractivity contribution < 1.29 is 0 Å². The first-order chi connectivity index (χ1) is 8.84. The van der Waals surface area contributed by atoms with Crippen LogP contribution in [-0.2, 0) is 17.7 Å². The molecule has 0 bridgehead atoms. The van der Waals surface area contributed by atoms with Crippen LogP contribution in [0.3, 0.4) is 0 Å². The lowest BCUT2D eigenvalue weighted by Gasteiger charge is -2.18. The molecule has 2 nitrogen and oxygen atoms in total. The van der Waals surface area contributed by atoms with Crippen LogP contribution in [0.2, 0.25) is 0 Å². The Kier molecular flexibility index (Phi) is 6.84. The van der Waals surface area contributed by atoms with E-state index in [9.17, 15) is 0 Å². The van der Waals surface area contributed by atoms with Crippen molar-refractivity contribution in [1.29, 1.82) is 0 Å². The van der Waals surface area contributed by atoms with Gasteiger partial charge in [-0.1, -0.05) is 41.5 Å². The summed E-state index contributed by atoms with van der Waals surface area (Å²) in [5.74, 6) is 2.90. The number of nitrogens with zero attached hydrogens (tertiary/aromatic N) is 1. The van der Waals surface area contributed by atoms with Gasteiger partial charge < -0.3 is 5.32 Å². The van der Waals surface area contributed by atoms with Gasteiger partial charge >= 0.3 is 0 Å². The van der Waals surface area contributed by atoms with Crippen molar-refractivity contribution in [2.75, 3.05) is 12.3 Å². The number of rotatable bonds is 7. The molecule has 0 amide bonds. The highest BCUT2D eigenvalue weighted by atomic mass is 32.2. The average molecular weight is 301 g/mol. The highest BCUT2D eigenvalue weighted by Gasteiger charge is 2.22. The summed E-state index contributed by atoms with van der Waals surface area (Å²) in [7, 11) is 0. The summed E-state index contributed by atoms with van der Waals surface area (Å²) in [6.45, 7) is 15.5. The minimum absolute atomic E-state index is 0.139. The predicted octanol–water partition coefficient (Wildman–Crippen LogP) is 4.44. The van der Waals surface area contributed by atoms with Crippen LogP contribution in [0.25, 0.3) is 0 Å². The minimum atomic E-state index is 0.139. The van der Waals surface area contributed by atoms with Crippen molar-refractivity contribution in [2.45, 2.75) is 59.3 Å². The Balaban J connectivity index is 2.78. The predicted molar refractivity (Wildman–Crippen MR) is 89.2 cm³/mol. The van der Waals surface area contributed by atoms with E-state index in [0.717, 1.165) is 24.6 Å². The normalized spacial score (nSPS) is 12.4. The van der Waals surface area contributed by atoms with E-state index in [1.807, 2.05) is 23.1 Å². The number of nitrogens with one attached hydrogen (secondary N) is 1. The summed E-state index contributed by atoms with van der Waals surface area (Å²) in [6, 6.07) is 0. The first-order valence-corrected chi connectivity index (χ1v) is 9.09. The van der Waals surface area contributed by atoms with Crippen LogP contribution in [0.4, 0.5) is 0 Å². The SMILES string of the molecule is CCSCc1nc(C(C)(C)C)c(CNCC(C)C)s1. The van der Waals surface area contributed by atoms with Gasteiger partial charge in [0, 0.05) is 22.6 Å². The fourth-order valence-corrected chi connectivity index (χ4v) is 3.80. The van der Waals surface area contributed by atoms with Crippen molar-refractivity contribution >= 4 is 23.1 Å². The molecule has 19 heavy (non-hydrogen) atoms. The summed E-state index contributed by atoms with van der Waals surface area (Å²) < 4.78 is 0. The fourth-order valence-electron chi connectivity index (χ4n) is 1.83. The van der Waals surface area contributed by atoms with E-state index in [1.54, 1.807) is 0 Å². The lowest BCUT2D eigenvalue weighted by molar-refractivity contribution is 0.534. The van der Waals surface area contributed by atoms with Gasteiger partial charge in [-0.25, -0.2) is 4.98 Å². The maximum Gasteiger partial charge on any atom is 0.103 e. The van der Waals surface area contributed by atoms with Gasteiger partial charge in [-0.05, 0) is 18.2 Å². The van der Waals surface area contributed by atoms with E-state index in [1.165, 1.54) is 15.6 Å². The van der Waals surface area contributed by atoms with E-state index in [4.69, 9.17) is 4.98 Å². The molecule has 0 saturated carbocycles. The third-order valence-electron chi connectivity index (χ3n) is 2.72. The third-order valence-corrected chi connectivity index (χ3v) is 4.84. The molecule has 110 valence electrons. The van der Waals surface area contributed by atoms with Gasteiger partial charge in [-0.15, -0.1) is 11.3 Å². The van der Waals surface area contributed by atoms with Crippen LogP contribution in [0.1, 0.15) is 57.1 Å². The van der Waals surface area contributed by atoms with Crippen LogP contribution in [-0.4, -0.2) is 17.3 Å². The van der Waals surface area contributed by atoms with Gasteiger partial charge in [-0.3, -0.25) is 0 Å². The fraction of sp³-hybridized carbons (Fsp3) is 0.800. The zero-order chi connectivity index (χ0) is 14.5. The van der Waals surface area contributed by atoms with Crippen molar-refractivity contribution in [1.82, 2.24) is 10.3 Å². The Labute approximate surface area is 126 Å². The Bertz CT molecular complexity index is 378. The van der Waals surface area contributed by atoms with Gasteiger partial charge in [0.1, 0.15) is 5.01 Å². The largest absolute Gasteiger partial charge is 0.312 e. The molecule has 0 aliphatic heterocycles. The van der Waals surface area contributed by atoms with Gasteiger partial charge in [0.05, 0.1) is 5.69 Å². The summed E-state index contributed by atoms with van der Waals surface area (Å²) >= 11 is 3.83. The molecule has 1 N–H and O–H groups in total. The summed E-state index contributed by atoms with van der Waals surface area (Å²) in [4.78, 5) is 6.29. The smallest absolute Gasteiger partial charge is 0.103 e. The number of hydrogen-bond donors (Lipinski definition) is 1. The van der Waals surface area contributed by atoms with E-state index in [0.29, 0.717) is 5.92 Å². The second-order valence-corrected chi connectivity index (χ2v) is 8.73. The van der Waals surface area contributed by atoms with Gasteiger partial charge in [-0.2, -0.15) is 11.8 Å². The maximum absolute atomic E-state index is 4.87.